The molecule has 1 N–H and O–H groups in total. The number of amides is 1. The minimum Gasteiger partial charge on any atom is -0.456 e. The molecule has 1 rings (SSSR count). The van der Waals surface area contributed by atoms with E-state index in [1.807, 2.05) is 0 Å². The van der Waals surface area contributed by atoms with Crippen LogP contribution in [0.5, 0.6) is 0 Å². The Kier molecular flexibility index (Phi) is 5.25. The van der Waals surface area contributed by atoms with Gasteiger partial charge in [0, 0.05) is 11.4 Å². The molecule has 1 aromatic rings. The maximum Gasteiger partial charge on any atom is 0.306 e. The number of nitrogens with one attached hydrogen (secondary N) is 1. The summed E-state index contributed by atoms with van der Waals surface area (Å²) in [5, 5.41) is 3.32. The third-order valence-corrected chi connectivity index (χ3v) is 2.42. The quantitative estimate of drug-likeness (QED) is 0.860. The van der Waals surface area contributed by atoms with Gasteiger partial charge in [0.15, 0.2) is 6.61 Å². The lowest BCUT2D eigenvalue weighted by atomic mass is 10.3. The number of benzene rings is 1. The molecule has 0 aliphatic carbocycles. The molecule has 4 nitrogen and oxygen atoms in total. The van der Waals surface area contributed by atoms with Gasteiger partial charge in [-0.3, -0.25) is 9.59 Å². The van der Waals surface area contributed by atoms with Crippen LogP contribution in [0.2, 0.25) is 10.0 Å². The van der Waals surface area contributed by atoms with Gasteiger partial charge in [-0.05, 0) is 18.2 Å². The zero-order valence-electron chi connectivity index (χ0n) is 9.13. The third kappa shape index (κ3) is 4.63. The average molecular weight is 276 g/mol. The summed E-state index contributed by atoms with van der Waals surface area (Å²) in [4.78, 5) is 22.2. The van der Waals surface area contributed by atoms with E-state index in [1.165, 1.54) is 6.07 Å². The highest BCUT2D eigenvalue weighted by atomic mass is 35.5. The van der Waals surface area contributed by atoms with Gasteiger partial charge in [0.05, 0.1) is 10.7 Å². The van der Waals surface area contributed by atoms with E-state index in [1.54, 1.807) is 19.1 Å². The van der Waals surface area contributed by atoms with Gasteiger partial charge in [0.1, 0.15) is 0 Å². The first-order valence-corrected chi connectivity index (χ1v) is 5.69. The van der Waals surface area contributed by atoms with Crippen LogP contribution in [0, 0.1) is 0 Å². The Balaban J connectivity index is 2.56. The van der Waals surface area contributed by atoms with Crippen molar-refractivity contribution in [1.29, 1.82) is 0 Å². The van der Waals surface area contributed by atoms with Crippen molar-refractivity contribution in [3.05, 3.63) is 28.2 Å². The van der Waals surface area contributed by atoms with E-state index in [9.17, 15) is 9.59 Å². The molecule has 6 heteroatoms. The number of halogens is 2. The van der Waals surface area contributed by atoms with Crippen molar-refractivity contribution >= 4 is 40.8 Å². The van der Waals surface area contributed by atoms with Crippen molar-refractivity contribution in [2.75, 3.05) is 11.9 Å². The molecule has 1 aromatic carbocycles. The number of carbonyl (C=O) groups excluding carboxylic acids is 2. The Morgan fingerprint density at radius 2 is 2.06 bits per heavy atom. The van der Waals surface area contributed by atoms with Crippen molar-refractivity contribution < 1.29 is 14.3 Å². The molecule has 0 aliphatic heterocycles. The van der Waals surface area contributed by atoms with Crippen LogP contribution in [0.25, 0.3) is 0 Å². The minimum absolute atomic E-state index is 0.227. The second kappa shape index (κ2) is 6.47. The lowest BCUT2D eigenvalue weighted by molar-refractivity contribution is -0.146. The van der Waals surface area contributed by atoms with Crippen LogP contribution in [0.1, 0.15) is 13.3 Å². The normalized spacial score (nSPS) is 9.82. The molecule has 92 valence electrons. The van der Waals surface area contributed by atoms with Crippen molar-refractivity contribution in [2.45, 2.75) is 13.3 Å². The number of anilines is 1. The summed E-state index contributed by atoms with van der Waals surface area (Å²) < 4.78 is 4.67. The fourth-order valence-electron chi connectivity index (χ4n) is 1.03. The Morgan fingerprint density at radius 1 is 1.35 bits per heavy atom. The molecule has 0 aromatic heterocycles. The van der Waals surface area contributed by atoms with E-state index >= 15 is 0 Å². The van der Waals surface area contributed by atoms with Gasteiger partial charge in [-0.1, -0.05) is 30.1 Å². The van der Waals surface area contributed by atoms with Crippen LogP contribution in [-0.2, 0) is 14.3 Å². The number of esters is 1. The molecule has 0 atom stereocenters. The van der Waals surface area contributed by atoms with Gasteiger partial charge in [-0.15, -0.1) is 0 Å². The highest BCUT2D eigenvalue weighted by molar-refractivity contribution is 6.35. The number of hydrogen-bond donors (Lipinski definition) is 1. The van der Waals surface area contributed by atoms with Crippen LogP contribution in [0.15, 0.2) is 18.2 Å². The predicted octanol–water partition coefficient (Wildman–Crippen LogP) is 2.89. The average Bonchev–Trinajstić information content (AvgIpc) is 2.30. The van der Waals surface area contributed by atoms with Crippen molar-refractivity contribution in [3.63, 3.8) is 0 Å². The van der Waals surface area contributed by atoms with Crippen LogP contribution >= 0.6 is 23.2 Å². The minimum atomic E-state index is -0.462. The molecule has 0 saturated carbocycles. The predicted molar refractivity (Wildman–Crippen MR) is 66.3 cm³/mol. The smallest absolute Gasteiger partial charge is 0.306 e. The van der Waals surface area contributed by atoms with E-state index in [4.69, 9.17) is 23.2 Å². The third-order valence-electron chi connectivity index (χ3n) is 1.86. The van der Waals surface area contributed by atoms with Gasteiger partial charge in [0.2, 0.25) is 0 Å². The van der Waals surface area contributed by atoms with Gasteiger partial charge in [-0.25, -0.2) is 0 Å². The monoisotopic (exact) mass is 275 g/mol. The number of hydrogen-bond acceptors (Lipinski definition) is 3. The van der Waals surface area contributed by atoms with Crippen LogP contribution in [0.4, 0.5) is 5.69 Å². The maximum absolute atomic E-state index is 11.4. The maximum atomic E-state index is 11.4. The molecule has 1 amide bonds. The summed E-state index contributed by atoms with van der Waals surface area (Å²) in [6.07, 6.45) is 0.227. The molecular formula is C11H11Cl2NO3. The van der Waals surface area contributed by atoms with Crippen LogP contribution < -0.4 is 5.32 Å². The van der Waals surface area contributed by atoms with Gasteiger partial charge in [-0.2, -0.15) is 0 Å². The second-order valence-corrected chi connectivity index (χ2v) is 4.03. The van der Waals surface area contributed by atoms with E-state index in [-0.39, 0.29) is 13.0 Å². The van der Waals surface area contributed by atoms with Crippen LogP contribution in [0.3, 0.4) is 0 Å². The van der Waals surface area contributed by atoms with E-state index < -0.39 is 11.9 Å². The molecule has 0 heterocycles. The molecule has 0 bridgehead atoms. The molecule has 0 aliphatic rings. The van der Waals surface area contributed by atoms with Crippen molar-refractivity contribution in [3.8, 4) is 0 Å². The fraction of sp³-hybridized carbons (Fsp3) is 0.273. The first kappa shape index (κ1) is 13.8. The Morgan fingerprint density at radius 3 is 2.71 bits per heavy atom. The number of rotatable bonds is 4. The van der Waals surface area contributed by atoms with Crippen molar-refractivity contribution in [1.82, 2.24) is 0 Å². The zero-order chi connectivity index (χ0) is 12.8. The molecule has 17 heavy (non-hydrogen) atoms. The fourth-order valence-corrected chi connectivity index (χ4v) is 1.36. The first-order valence-electron chi connectivity index (χ1n) is 4.93. The molecular weight excluding hydrogens is 265 g/mol. The van der Waals surface area contributed by atoms with E-state index in [0.717, 1.165) is 0 Å². The first-order chi connectivity index (χ1) is 8.02. The number of carbonyl (C=O) groups is 2. The second-order valence-electron chi connectivity index (χ2n) is 3.19. The van der Waals surface area contributed by atoms with E-state index in [2.05, 4.69) is 10.1 Å². The Bertz CT molecular complexity index is 435. The largest absolute Gasteiger partial charge is 0.456 e. The zero-order valence-corrected chi connectivity index (χ0v) is 10.6. The lowest BCUT2D eigenvalue weighted by Gasteiger charge is -2.07. The summed E-state index contributed by atoms with van der Waals surface area (Å²) >= 11 is 11.6. The topological polar surface area (TPSA) is 55.4 Å². The summed E-state index contributed by atoms with van der Waals surface area (Å²) in [5.41, 5.74) is 0.386. The molecule has 0 saturated heterocycles. The highest BCUT2D eigenvalue weighted by Gasteiger charge is 2.08. The molecule has 0 radical (unpaired) electrons. The standard InChI is InChI=1S/C11H11Cl2NO3/c1-2-11(16)17-6-10(15)14-9-5-7(12)3-4-8(9)13/h3-5H,2,6H2,1H3,(H,14,15). The summed E-state index contributed by atoms with van der Waals surface area (Å²) in [6, 6.07) is 4.69. The molecule has 0 unspecified atom stereocenters. The number of ether oxygens (including phenoxy) is 1. The SMILES string of the molecule is CCC(=O)OCC(=O)Nc1cc(Cl)ccc1Cl. The summed E-state index contributed by atoms with van der Waals surface area (Å²) in [6.45, 7) is 1.31. The van der Waals surface area contributed by atoms with Gasteiger partial charge < -0.3 is 10.1 Å². The van der Waals surface area contributed by atoms with Crippen LogP contribution in [-0.4, -0.2) is 18.5 Å². The molecule has 0 fully saturated rings. The van der Waals surface area contributed by atoms with Gasteiger partial charge in [0.25, 0.3) is 5.91 Å². The summed E-state index contributed by atoms with van der Waals surface area (Å²) in [5.74, 6) is -0.895. The van der Waals surface area contributed by atoms with E-state index in [0.29, 0.717) is 15.7 Å². The molecule has 0 spiro atoms. The summed E-state index contributed by atoms with van der Waals surface area (Å²) in [7, 11) is 0. The Labute approximate surface area is 109 Å². The van der Waals surface area contributed by atoms with Gasteiger partial charge >= 0.3 is 5.97 Å². The highest BCUT2D eigenvalue weighted by Crippen LogP contribution is 2.25. The lowest BCUT2D eigenvalue weighted by Crippen LogP contribution is -2.20. The Hall–Kier alpha value is -1.26. The van der Waals surface area contributed by atoms with Crippen molar-refractivity contribution in [2.24, 2.45) is 0 Å².